The van der Waals surface area contributed by atoms with Crippen molar-refractivity contribution >= 4 is 11.9 Å². The maximum Gasteiger partial charge on any atom is 0.306 e. The minimum absolute atomic E-state index is 0.0573. The topological polar surface area (TPSA) is 72.8 Å². The lowest BCUT2D eigenvalue weighted by Crippen LogP contribution is -2.28. The van der Waals surface area contributed by atoms with Gasteiger partial charge in [0.05, 0.1) is 6.61 Å². The van der Waals surface area contributed by atoms with Gasteiger partial charge in [0.25, 0.3) is 0 Å². The molecule has 0 radical (unpaired) electrons. The van der Waals surface area contributed by atoms with Crippen molar-refractivity contribution in [2.45, 2.75) is 251 Å². The van der Waals surface area contributed by atoms with Gasteiger partial charge in [-0.05, 0) is 12.8 Å². The molecule has 0 bridgehead atoms. The van der Waals surface area contributed by atoms with Crippen LogP contribution in [0.2, 0.25) is 0 Å². The van der Waals surface area contributed by atoms with Gasteiger partial charge in [-0.25, -0.2) is 0 Å². The first-order chi connectivity index (χ1) is 23.6. The molecule has 0 saturated carbocycles. The summed E-state index contributed by atoms with van der Waals surface area (Å²) in [4.78, 5) is 24.2. The van der Waals surface area contributed by atoms with Gasteiger partial charge in [-0.1, -0.05) is 219 Å². The van der Waals surface area contributed by atoms with Gasteiger partial charge < -0.3 is 14.6 Å². The Bertz CT molecular complexity index is 651. The van der Waals surface area contributed by atoms with Gasteiger partial charge >= 0.3 is 11.9 Å². The number of unbranched alkanes of at least 4 members (excludes halogenated alkanes) is 32. The first-order valence-corrected chi connectivity index (χ1v) is 21.6. The molecule has 0 aliphatic rings. The van der Waals surface area contributed by atoms with Crippen LogP contribution in [0.1, 0.15) is 245 Å². The number of ether oxygens (including phenoxy) is 2. The second-order valence-electron chi connectivity index (χ2n) is 14.8. The van der Waals surface area contributed by atoms with Gasteiger partial charge in [-0.3, -0.25) is 9.59 Å². The van der Waals surface area contributed by atoms with Crippen LogP contribution in [0.4, 0.5) is 0 Å². The maximum absolute atomic E-state index is 12.2. The van der Waals surface area contributed by atoms with E-state index < -0.39 is 6.10 Å². The number of aliphatic hydroxyl groups excluding tert-OH is 1. The lowest BCUT2D eigenvalue weighted by Gasteiger charge is -2.15. The van der Waals surface area contributed by atoms with Crippen LogP contribution in [-0.4, -0.2) is 36.4 Å². The largest absolute Gasteiger partial charge is 0.462 e. The van der Waals surface area contributed by atoms with E-state index in [0.29, 0.717) is 12.8 Å². The molecule has 0 aromatic carbocycles. The Balaban J connectivity index is 3.41. The number of carbonyl (C=O) groups is 2. The highest BCUT2D eigenvalue weighted by Gasteiger charge is 2.16. The molecule has 0 aromatic heterocycles. The van der Waals surface area contributed by atoms with Gasteiger partial charge in [0.1, 0.15) is 6.61 Å². The fourth-order valence-electron chi connectivity index (χ4n) is 6.62. The molecule has 0 aliphatic carbocycles. The second-order valence-corrected chi connectivity index (χ2v) is 14.8. The summed E-state index contributed by atoms with van der Waals surface area (Å²) in [6, 6.07) is 0. The van der Waals surface area contributed by atoms with E-state index in [2.05, 4.69) is 13.8 Å². The zero-order valence-electron chi connectivity index (χ0n) is 32.5. The SMILES string of the molecule is CCCCCCCCCCCCCCCCCCCCCCCCCCC(=O)OC(CO)COC(=O)CCCCCCCCCCCC. The van der Waals surface area contributed by atoms with E-state index in [1.807, 2.05) is 0 Å². The Hall–Kier alpha value is -1.10. The Morgan fingerprint density at radius 3 is 0.917 bits per heavy atom. The number of hydrogen-bond donors (Lipinski definition) is 1. The zero-order chi connectivity index (χ0) is 35.0. The summed E-state index contributed by atoms with van der Waals surface area (Å²) in [6.07, 6.45) is 44.7. The van der Waals surface area contributed by atoms with Crippen molar-refractivity contribution in [2.75, 3.05) is 13.2 Å². The smallest absolute Gasteiger partial charge is 0.306 e. The molecule has 5 nitrogen and oxygen atoms in total. The summed E-state index contributed by atoms with van der Waals surface area (Å²) < 4.78 is 10.6. The molecule has 0 fully saturated rings. The monoisotopic (exact) mass is 681 g/mol. The lowest BCUT2D eigenvalue weighted by molar-refractivity contribution is -0.161. The Morgan fingerprint density at radius 1 is 0.396 bits per heavy atom. The van der Waals surface area contributed by atoms with Crippen LogP contribution in [0, 0.1) is 0 Å². The third-order valence-corrected chi connectivity index (χ3v) is 9.90. The molecule has 0 amide bonds. The summed E-state index contributed by atoms with van der Waals surface area (Å²) in [5.41, 5.74) is 0. The fraction of sp³-hybridized carbons (Fsp3) is 0.953. The number of aliphatic hydroxyl groups is 1. The molecular weight excluding hydrogens is 596 g/mol. The van der Waals surface area contributed by atoms with Gasteiger partial charge in [0.2, 0.25) is 0 Å². The normalized spacial score (nSPS) is 12.0. The molecule has 0 heterocycles. The molecule has 0 saturated heterocycles. The Morgan fingerprint density at radius 2 is 0.646 bits per heavy atom. The van der Waals surface area contributed by atoms with E-state index in [0.717, 1.165) is 38.5 Å². The van der Waals surface area contributed by atoms with Crippen LogP contribution in [0.5, 0.6) is 0 Å². The summed E-state index contributed by atoms with van der Waals surface area (Å²) in [7, 11) is 0. The van der Waals surface area contributed by atoms with Crippen molar-refractivity contribution in [3.8, 4) is 0 Å². The van der Waals surface area contributed by atoms with Crippen molar-refractivity contribution in [3.05, 3.63) is 0 Å². The predicted molar refractivity (Wildman–Crippen MR) is 205 cm³/mol. The van der Waals surface area contributed by atoms with Gasteiger partial charge in [-0.15, -0.1) is 0 Å². The molecule has 5 heteroatoms. The minimum Gasteiger partial charge on any atom is -0.462 e. The molecule has 0 spiro atoms. The molecule has 1 N–H and O–H groups in total. The van der Waals surface area contributed by atoms with E-state index in [4.69, 9.17) is 9.47 Å². The molecule has 0 aliphatic heterocycles. The second kappa shape index (κ2) is 40.3. The number of carbonyl (C=O) groups excluding carboxylic acids is 2. The number of esters is 2. The van der Waals surface area contributed by atoms with E-state index in [1.165, 1.54) is 180 Å². The average molecular weight is 681 g/mol. The first kappa shape index (κ1) is 46.9. The molecule has 48 heavy (non-hydrogen) atoms. The quantitative estimate of drug-likeness (QED) is 0.0515. The van der Waals surface area contributed by atoms with Crippen LogP contribution in [0.3, 0.4) is 0 Å². The maximum atomic E-state index is 12.2. The fourth-order valence-corrected chi connectivity index (χ4v) is 6.62. The highest BCUT2D eigenvalue weighted by molar-refractivity contribution is 5.70. The van der Waals surface area contributed by atoms with Crippen molar-refractivity contribution in [1.29, 1.82) is 0 Å². The van der Waals surface area contributed by atoms with Crippen molar-refractivity contribution in [1.82, 2.24) is 0 Å². The van der Waals surface area contributed by atoms with E-state index in [1.54, 1.807) is 0 Å². The summed E-state index contributed by atoms with van der Waals surface area (Å²) in [5.74, 6) is -0.576. The van der Waals surface area contributed by atoms with Gasteiger partial charge in [0.15, 0.2) is 6.10 Å². The molecule has 0 rings (SSSR count). The number of rotatable bonds is 40. The Labute approximate surface area is 299 Å². The van der Waals surface area contributed by atoms with Crippen molar-refractivity contribution in [3.63, 3.8) is 0 Å². The first-order valence-electron chi connectivity index (χ1n) is 21.6. The lowest BCUT2D eigenvalue weighted by atomic mass is 10.0. The Kier molecular flexibility index (Phi) is 39.4. The average Bonchev–Trinajstić information content (AvgIpc) is 3.09. The summed E-state index contributed by atoms with van der Waals surface area (Å²) in [5, 5.41) is 9.55. The van der Waals surface area contributed by atoms with Crippen LogP contribution in [0.25, 0.3) is 0 Å². The minimum atomic E-state index is -0.761. The standard InChI is InChI=1S/C43H84O5/c1-3-5-7-9-11-13-15-16-17-18-19-20-21-22-23-24-25-26-27-28-30-32-34-36-38-43(46)48-41(39-44)40-47-42(45)37-35-33-31-29-14-12-10-8-6-4-2/h41,44H,3-40H2,1-2H3. The van der Waals surface area contributed by atoms with Crippen molar-refractivity contribution in [2.24, 2.45) is 0 Å². The highest BCUT2D eigenvalue weighted by atomic mass is 16.6. The summed E-state index contributed by atoms with van der Waals surface area (Å²) in [6.45, 7) is 4.15. The van der Waals surface area contributed by atoms with E-state index in [9.17, 15) is 14.7 Å². The third kappa shape index (κ3) is 37.7. The van der Waals surface area contributed by atoms with E-state index >= 15 is 0 Å². The molecular formula is C43H84O5. The van der Waals surface area contributed by atoms with Gasteiger partial charge in [0, 0.05) is 12.8 Å². The van der Waals surface area contributed by atoms with Crippen molar-refractivity contribution < 1.29 is 24.2 Å². The van der Waals surface area contributed by atoms with Crippen LogP contribution in [0.15, 0.2) is 0 Å². The highest BCUT2D eigenvalue weighted by Crippen LogP contribution is 2.16. The predicted octanol–water partition coefficient (Wildman–Crippen LogP) is 13.5. The van der Waals surface area contributed by atoms with Gasteiger partial charge in [-0.2, -0.15) is 0 Å². The molecule has 0 aromatic rings. The molecule has 1 unspecified atom stereocenters. The summed E-state index contributed by atoms with van der Waals surface area (Å²) >= 11 is 0. The number of hydrogen-bond acceptors (Lipinski definition) is 5. The zero-order valence-corrected chi connectivity index (χ0v) is 32.5. The van der Waals surface area contributed by atoms with Crippen LogP contribution >= 0.6 is 0 Å². The van der Waals surface area contributed by atoms with Crippen LogP contribution < -0.4 is 0 Å². The third-order valence-electron chi connectivity index (χ3n) is 9.90. The van der Waals surface area contributed by atoms with E-state index in [-0.39, 0.29) is 25.2 Å². The molecule has 286 valence electrons. The molecule has 1 atom stereocenters. The van der Waals surface area contributed by atoms with Crippen LogP contribution in [-0.2, 0) is 19.1 Å².